The molecule has 1 heterocycles. The Labute approximate surface area is 95.5 Å². The molecule has 1 aromatic heterocycles. The van der Waals surface area contributed by atoms with E-state index in [1.807, 2.05) is 12.1 Å². The Hall–Kier alpha value is -1.77. The summed E-state index contributed by atoms with van der Waals surface area (Å²) < 4.78 is 0. The maximum Gasteiger partial charge on any atom is 0.133 e. The van der Waals surface area contributed by atoms with Crippen LogP contribution in [0.4, 0.5) is 11.6 Å². The number of benzene rings is 1. The Kier molecular flexibility index (Phi) is 2.26. The van der Waals surface area contributed by atoms with Crippen molar-refractivity contribution in [3.63, 3.8) is 0 Å². The maximum absolute atomic E-state index is 5.83. The molecule has 2 aromatic rings. The molecule has 0 saturated carbocycles. The lowest BCUT2D eigenvalue weighted by Crippen LogP contribution is -2.10. The van der Waals surface area contributed by atoms with Crippen LogP contribution in [0.5, 0.6) is 0 Å². The van der Waals surface area contributed by atoms with Gasteiger partial charge < -0.3 is 11.5 Å². The van der Waals surface area contributed by atoms with E-state index in [0.717, 1.165) is 10.8 Å². The van der Waals surface area contributed by atoms with Crippen molar-refractivity contribution in [1.82, 2.24) is 4.98 Å². The van der Waals surface area contributed by atoms with Gasteiger partial charge in [0.2, 0.25) is 0 Å². The second-order valence-electron chi connectivity index (χ2n) is 5.12. The summed E-state index contributed by atoms with van der Waals surface area (Å²) in [6.07, 6.45) is 0. The number of rotatable bonds is 0. The third-order valence-corrected chi connectivity index (χ3v) is 2.75. The lowest BCUT2D eigenvalue weighted by atomic mass is 9.86. The van der Waals surface area contributed by atoms with Gasteiger partial charge in [0.15, 0.2) is 0 Å². The normalized spacial score (nSPS) is 11.9. The summed E-state index contributed by atoms with van der Waals surface area (Å²) in [6, 6.07) is 8.10. The van der Waals surface area contributed by atoms with E-state index >= 15 is 0 Å². The zero-order valence-electron chi connectivity index (χ0n) is 9.91. The van der Waals surface area contributed by atoms with E-state index < -0.39 is 0 Å². The molecular weight excluding hydrogens is 198 g/mol. The Morgan fingerprint density at radius 1 is 1.06 bits per heavy atom. The summed E-state index contributed by atoms with van der Waals surface area (Å²) in [7, 11) is 0. The number of aromatic nitrogens is 1. The highest BCUT2D eigenvalue weighted by molar-refractivity contribution is 5.93. The van der Waals surface area contributed by atoms with E-state index in [9.17, 15) is 0 Å². The summed E-state index contributed by atoms with van der Waals surface area (Å²) >= 11 is 0. The zero-order valence-corrected chi connectivity index (χ0v) is 9.91. The number of pyridine rings is 1. The summed E-state index contributed by atoms with van der Waals surface area (Å²) in [5.74, 6) is 0.964. The van der Waals surface area contributed by atoms with Crippen molar-refractivity contribution < 1.29 is 0 Å². The molecular formula is C13H17N3. The first-order valence-electron chi connectivity index (χ1n) is 5.34. The molecule has 0 unspecified atom stereocenters. The molecule has 0 radical (unpaired) electrons. The molecule has 16 heavy (non-hydrogen) atoms. The minimum absolute atomic E-state index is 0.126. The van der Waals surface area contributed by atoms with Gasteiger partial charge in [-0.3, -0.25) is 0 Å². The van der Waals surface area contributed by atoms with Gasteiger partial charge in [-0.1, -0.05) is 39.0 Å². The van der Waals surface area contributed by atoms with Crippen LogP contribution in [0.25, 0.3) is 10.8 Å². The largest absolute Gasteiger partial charge is 0.384 e. The maximum atomic E-state index is 5.83. The Bertz CT molecular complexity index is 539. The average molecular weight is 215 g/mol. The molecule has 1 aromatic carbocycles. The van der Waals surface area contributed by atoms with E-state index in [-0.39, 0.29) is 5.41 Å². The lowest BCUT2D eigenvalue weighted by molar-refractivity contribution is 0.591. The second kappa shape index (κ2) is 3.37. The summed E-state index contributed by atoms with van der Waals surface area (Å²) in [5, 5.41) is 2.01. The number of nitrogens with two attached hydrogens (primary N) is 2. The highest BCUT2D eigenvalue weighted by Crippen LogP contribution is 2.28. The average Bonchev–Trinajstić information content (AvgIpc) is 2.15. The first-order valence-corrected chi connectivity index (χ1v) is 5.34. The molecule has 0 saturated heterocycles. The molecule has 3 heteroatoms. The molecule has 0 bridgehead atoms. The SMILES string of the molecule is CC(C)(C)c1ccc2c(N)nc(N)cc2c1. The molecule has 3 nitrogen and oxygen atoms in total. The quantitative estimate of drug-likeness (QED) is 0.710. The van der Waals surface area contributed by atoms with Crippen LogP contribution in [0.15, 0.2) is 24.3 Å². The van der Waals surface area contributed by atoms with Crippen molar-refractivity contribution in [3.05, 3.63) is 29.8 Å². The molecule has 0 atom stereocenters. The van der Waals surface area contributed by atoms with Crippen molar-refractivity contribution in [1.29, 1.82) is 0 Å². The minimum atomic E-state index is 0.126. The molecule has 0 aliphatic carbocycles. The molecule has 0 fully saturated rings. The van der Waals surface area contributed by atoms with Crippen LogP contribution >= 0.6 is 0 Å². The van der Waals surface area contributed by atoms with Crippen molar-refractivity contribution in [2.45, 2.75) is 26.2 Å². The van der Waals surface area contributed by atoms with Gasteiger partial charge in [-0.2, -0.15) is 0 Å². The molecule has 4 N–H and O–H groups in total. The Morgan fingerprint density at radius 3 is 2.38 bits per heavy atom. The van der Waals surface area contributed by atoms with Gasteiger partial charge in [-0.05, 0) is 22.4 Å². The monoisotopic (exact) mass is 215 g/mol. The van der Waals surface area contributed by atoms with Gasteiger partial charge in [0.25, 0.3) is 0 Å². The first kappa shape index (κ1) is 10.7. The van der Waals surface area contributed by atoms with Crippen LogP contribution in [0.3, 0.4) is 0 Å². The number of nitrogen functional groups attached to an aromatic ring is 2. The van der Waals surface area contributed by atoms with Crippen LogP contribution < -0.4 is 11.5 Å². The number of hydrogen-bond acceptors (Lipinski definition) is 3. The van der Waals surface area contributed by atoms with Crippen molar-refractivity contribution >= 4 is 22.4 Å². The van der Waals surface area contributed by atoms with Crippen molar-refractivity contribution in [2.24, 2.45) is 0 Å². The Morgan fingerprint density at radius 2 is 1.75 bits per heavy atom. The van der Waals surface area contributed by atoms with Crippen LogP contribution in [0.1, 0.15) is 26.3 Å². The third-order valence-electron chi connectivity index (χ3n) is 2.75. The van der Waals surface area contributed by atoms with Crippen LogP contribution in [0.2, 0.25) is 0 Å². The number of fused-ring (bicyclic) bond motifs is 1. The highest BCUT2D eigenvalue weighted by Gasteiger charge is 2.14. The smallest absolute Gasteiger partial charge is 0.133 e. The Balaban J connectivity index is 2.71. The van der Waals surface area contributed by atoms with Crippen molar-refractivity contribution in [2.75, 3.05) is 11.5 Å². The molecule has 0 aliphatic rings. The van der Waals surface area contributed by atoms with E-state index in [1.165, 1.54) is 5.56 Å². The number of hydrogen-bond donors (Lipinski definition) is 2. The van der Waals surface area contributed by atoms with Gasteiger partial charge >= 0.3 is 0 Å². The van der Waals surface area contributed by atoms with Gasteiger partial charge in [-0.15, -0.1) is 0 Å². The van der Waals surface area contributed by atoms with Crippen LogP contribution in [-0.2, 0) is 5.41 Å². The molecule has 0 amide bonds. The molecule has 84 valence electrons. The minimum Gasteiger partial charge on any atom is -0.384 e. The van der Waals surface area contributed by atoms with E-state index in [0.29, 0.717) is 11.6 Å². The summed E-state index contributed by atoms with van der Waals surface area (Å²) in [6.45, 7) is 6.55. The fourth-order valence-corrected chi connectivity index (χ4v) is 1.77. The third kappa shape index (κ3) is 1.81. The van der Waals surface area contributed by atoms with Crippen molar-refractivity contribution in [3.8, 4) is 0 Å². The summed E-state index contributed by atoms with van der Waals surface area (Å²) in [4.78, 5) is 4.05. The number of anilines is 2. The topological polar surface area (TPSA) is 64.9 Å². The van der Waals surface area contributed by atoms with E-state index in [2.05, 4.69) is 37.9 Å². The lowest BCUT2D eigenvalue weighted by Gasteiger charge is -2.19. The molecule has 0 aliphatic heterocycles. The van der Waals surface area contributed by atoms with Gasteiger partial charge in [0.05, 0.1) is 0 Å². The standard InChI is InChI=1S/C13H17N3/c1-13(2,3)9-4-5-10-8(6-9)7-11(14)16-12(10)15/h4-7H,1-3H3,(H4,14,15,16). The van der Waals surface area contributed by atoms with Gasteiger partial charge in [-0.25, -0.2) is 4.98 Å². The fraction of sp³-hybridized carbons (Fsp3) is 0.308. The van der Waals surface area contributed by atoms with Crippen LogP contribution in [0, 0.1) is 0 Å². The molecule has 2 rings (SSSR count). The number of nitrogens with zero attached hydrogens (tertiary/aromatic N) is 1. The van der Waals surface area contributed by atoms with E-state index in [4.69, 9.17) is 11.5 Å². The van der Waals surface area contributed by atoms with Gasteiger partial charge in [0.1, 0.15) is 11.6 Å². The van der Waals surface area contributed by atoms with Crippen LogP contribution in [-0.4, -0.2) is 4.98 Å². The van der Waals surface area contributed by atoms with Gasteiger partial charge in [0, 0.05) is 5.39 Å². The molecule has 0 spiro atoms. The fourth-order valence-electron chi connectivity index (χ4n) is 1.77. The summed E-state index contributed by atoms with van der Waals surface area (Å²) in [5.41, 5.74) is 12.9. The predicted octanol–water partition coefficient (Wildman–Crippen LogP) is 2.70. The van der Waals surface area contributed by atoms with E-state index in [1.54, 1.807) is 0 Å². The highest BCUT2D eigenvalue weighted by atomic mass is 14.9. The first-order chi connectivity index (χ1) is 7.38. The zero-order chi connectivity index (χ0) is 11.9. The predicted molar refractivity (Wildman–Crippen MR) is 69.3 cm³/mol. The second-order valence-corrected chi connectivity index (χ2v) is 5.12.